The van der Waals surface area contributed by atoms with Crippen molar-refractivity contribution in [3.63, 3.8) is 0 Å². The summed E-state index contributed by atoms with van der Waals surface area (Å²) in [4.78, 5) is 15.5. The number of fused-ring (bicyclic) bond motifs is 1. The molecule has 4 aromatic rings. The Kier molecular flexibility index (Phi) is 6.50. The summed E-state index contributed by atoms with van der Waals surface area (Å²) in [6, 6.07) is 4.18. The monoisotopic (exact) mass is 511 g/mol. The number of hydrogen-bond donors (Lipinski definition) is 2. The molecule has 11 heteroatoms. The van der Waals surface area contributed by atoms with Crippen molar-refractivity contribution in [1.82, 2.24) is 29.7 Å². The van der Waals surface area contributed by atoms with E-state index >= 15 is 0 Å². The highest BCUT2D eigenvalue weighted by Gasteiger charge is 2.35. The largest absolute Gasteiger partial charge is 0.382 e. The molecule has 1 aromatic carbocycles. The number of anilines is 3. The summed E-state index contributed by atoms with van der Waals surface area (Å²) < 4.78 is 2.04. The zero-order valence-electron chi connectivity index (χ0n) is 20.3. The molecule has 4 heterocycles. The number of aromatic nitrogens is 6. The van der Waals surface area contributed by atoms with Crippen LogP contribution in [0.25, 0.3) is 11.2 Å². The molecule has 0 aliphatic carbocycles. The van der Waals surface area contributed by atoms with Gasteiger partial charge in [0.05, 0.1) is 12.9 Å². The van der Waals surface area contributed by atoms with Crippen LogP contribution in [0, 0.1) is 5.41 Å². The van der Waals surface area contributed by atoms with Crippen molar-refractivity contribution in [2.45, 2.75) is 46.1 Å². The van der Waals surface area contributed by atoms with E-state index in [0.29, 0.717) is 17.9 Å². The van der Waals surface area contributed by atoms with Crippen molar-refractivity contribution in [1.29, 1.82) is 0 Å². The molecule has 9 nitrogen and oxygen atoms in total. The lowest BCUT2D eigenvalue weighted by Crippen LogP contribution is -2.26. The van der Waals surface area contributed by atoms with Crippen molar-refractivity contribution in [3.05, 3.63) is 45.9 Å². The van der Waals surface area contributed by atoms with E-state index in [1.165, 1.54) is 23.1 Å². The molecule has 1 saturated heterocycles. The van der Waals surface area contributed by atoms with Crippen LogP contribution in [-0.2, 0) is 19.4 Å². The van der Waals surface area contributed by atoms with Gasteiger partial charge in [-0.1, -0.05) is 36.8 Å². The maximum Gasteiger partial charge on any atom is 0.205 e. The molecule has 0 unspecified atom stereocenters. The molecular formula is C24H30ClN9S. The number of nitrogens with two attached hydrogens (primary N) is 1. The Balaban J connectivity index is 1.41. The van der Waals surface area contributed by atoms with Gasteiger partial charge in [-0.25, -0.2) is 15.0 Å². The molecular weight excluding hydrogens is 482 g/mol. The summed E-state index contributed by atoms with van der Waals surface area (Å²) in [5.41, 5.74) is 11.3. The van der Waals surface area contributed by atoms with Gasteiger partial charge in [0.15, 0.2) is 11.5 Å². The predicted octanol–water partition coefficient (Wildman–Crippen LogP) is 4.42. The fourth-order valence-electron chi connectivity index (χ4n) is 4.94. The second-order valence-corrected chi connectivity index (χ2v) is 11.0. The lowest BCUT2D eigenvalue weighted by molar-refractivity contribution is 0.338. The van der Waals surface area contributed by atoms with Crippen LogP contribution in [0.3, 0.4) is 0 Å². The minimum Gasteiger partial charge on any atom is -0.382 e. The Morgan fingerprint density at radius 2 is 2.09 bits per heavy atom. The highest BCUT2D eigenvalue weighted by Crippen LogP contribution is 2.40. The van der Waals surface area contributed by atoms with Gasteiger partial charge in [-0.15, -0.1) is 10.2 Å². The first-order chi connectivity index (χ1) is 16.9. The van der Waals surface area contributed by atoms with E-state index in [2.05, 4.69) is 61.3 Å². The van der Waals surface area contributed by atoms with E-state index in [1.807, 2.05) is 11.6 Å². The van der Waals surface area contributed by atoms with E-state index in [1.54, 1.807) is 17.7 Å². The van der Waals surface area contributed by atoms with Gasteiger partial charge in [0.2, 0.25) is 5.13 Å². The molecule has 184 valence electrons. The number of hydrogen-bond acceptors (Lipinski definition) is 9. The molecule has 1 fully saturated rings. The van der Waals surface area contributed by atoms with Gasteiger partial charge in [0, 0.05) is 37.3 Å². The Morgan fingerprint density at radius 3 is 2.86 bits per heavy atom. The number of nitrogens with zero attached hydrogens (tertiary/aromatic N) is 7. The van der Waals surface area contributed by atoms with Crippen LogP contribution in [0.15, 0.2) is 24.8 Å². The Hall–Kier alpha value is -2.98. The topological polar surface area (TPSA) is 111 Å². The lowest BCUT2D eigenvalue weighted by Gasteiger charge is -2.28. The Bertz CT molecular complexity index is 1350. The van der Waals surface area contributed by atoms with Crippen LogP contribution < -0.4 is 16.0 Å². The van der Waals surface area contributed by atoms with Crippen molar-refractivity contribution < 1.29 is 0 Å². The zero-order chi connectivity index (χ0) is 24.6. The minimum absolute atomic E-state index is 0.195. The molecule has 0 amide bonds. The third kappa shape index (κ3) is 4.77. The fourth-order valence-corrected chi connectivity index (χ4v) is 5.87. The average molecular weight is 512 g/mol. The normalized spacial score (nSPS) is 18.0. The second kappa shape index (κ2) is 9.58. The minimum atomic E-state index is 0.195. The molecule has 1 aliphatic rings. The first-order valence-electron chi connectivity index (χ1n) is 11.9. The standard InChI is InChI=1S/C24H30ClN9S/c1-4-15-9-16(25)10-18(17(15)11-34-14-30-20-21(26)28-13-29-22(20)34)33-8-7-24(2,12-33)6-5-19-31-32-23(27-3)35-19/h9-10,13-14H,4-8,11-12H2,1-3H3,(H,27,32)(H2,26,28,29)/t24-/m0/s1. The van der Waals surface area contributed by atoms with Crippen molar-refractivity contribution >= 4 is 50.7 Å². The van der Waals surface area contributed by atoms with Crippen LogP contribution in [0.1, 0.15) is 42.8 Å². The summed E-state index contributed by atoms with van der Waals surface area (Å²) in [6.07, 6.45) is 7.31. The highest BCUT2D eigenvalue weighted by molar-refractivity contribution is 7.15. The Labute approximate surface area is 213 Å². The fraction of sp³-hybridized carbons (Fsp3) is 0.458. The summed E-state index contributed by atoms with van der Waals surface area (Å²) in [5, 5.41) is 14.3. The van der Waals surface area contributed by atoms with E-state index in [9.17, 15) is 0 Å². The Morgan fingerprint density at radius 1 is 1.23 bits per heavy atom. The first kappa shape index (κ1) is 23.7. The quantitative estimate of drug-likeness (QED) is 0.358. The predicted molar refractivity (Wildman–Crippen MR) is 142 cm³/mol. The highest BCUT2D eigenvalue weighted by atomic mass is 35.5. The van der Waals surface area contributed by atoms with E-state index in [0.717, 1.165) is 59.6 Å². The van der Waals surface area contributed by atoms with E-state index in [4.69, 9.17) is 17.3 Å². The van der Waals surface area contributed by atoms with Gasteiger partial charge in [-0.3, -0.25) is 0 Å². The molecule has 0 bridgehead atoms. The van der Waals surface area contributed by atoms with Gasteiger partial charge in [-0.05, 0) is 47.9 Å². The van der Waals surface area contributed by atoms with Gasteiger partial charge in [0.1, 0.15) is 16.9 Å². The molecule has 35 heavy (non-hydrogen) atoms. The number of aryl methyl sites for hydroxylation is 2. The molecule has 3 aromatic heterocycles. The smallest absolute Gasteiger partial charge is 0.205 e. The average Bonchev–Trinajstić information content (AvgIpc) is 3.58. The number of nitrogens with one attached hydrogen (secondary N) is 1. The summed E-state index contributed by atoms with van der Waals surface area (Å²) in [6.45, 7) is 7.15. The second-order valence-electron chi connectivity index (χ2n) is 9.45. The van der Waals surface area contributed by atoms with Crippen LogP contribution in [0.2, 0.25) is 5.02 Å². The van der Waals surface area contributed by atoms with Crippen LogP contribution in [0.4, 0.5) is 16.6 Å². The van der Waals surface area contributed by atoms with Gasteiger partial charge < -0.3 is 20.5 Å². The summed E-state index contributed by atoms with van der Waals surface area (Å²) in [7, 11) is 1.88. The summed E-state index contributed by atoms with van der Waals surface area (Å²) in [5.74, 6) is 0.397. The van der Waals surface area contributed by atoms with Crippen LogP contribution in [0.5, 0.6) is 0 Å². The molecule has 0 spiro atoms. The lowest BCUT2D eigenvalue weighted by atomic mass is 9.85. The maximum absolute atomic E-state index is 6.60. The third-order valence-electron chi connectivity index (χ3n) is 6.94. The molecule has 1 aliphatic heterocycles. The molecule has 0 saturated carbocycles. The van der Waals surface area contributed by atoms with Gasteiger partial charge in [0.25, 0.3) is 0 Å². The first-order valence-corrected chi connectivity index (χ1v) is 13.1. The van der Waals surface area contributed by atoms with Gasteiger partial charge in [-0.2, -0.15) is 0 Å². The number of halogens is 1. The number of imidazole rings is 1. The number of nitrogen functional groups attached to an aromatic ring is 1. The zero-order valence-corrected chi connectivity index (χ0v) is 21.8. The van der Waals surface area contributed by atoms with Gasteiger partial charge >= 0.3 is 0 Å². The summed E-state index contributed by atoms with van der Waals surface area (Å²) >= 11 is 8.24. The molecule has 5 rings (SSSR count). The van der Waals surface area contributed by atoms with Crippen molar-refractivity contribution in [2.75, 3.05) is 36.1 Å². The third-order valence-corrected chi connectivity index (χ3v) is 8.16. The molecule has 3 N–H and O–H groups in total. The number of benzene rings is 1. The molecule has 1 atom stereocenters. The van der Waals surface area contributed by atoms with E-state index in [-0.39, 0.29) is 5.41 Å². The van der Waals surface area contributed by atoms with Crippen molar-refractivity contribution in [2.24, 2.45) is 5.41 Å². The van der Waals surface area contributed by atoms with Crippen molar-refractivity contribution in [3.8, 4) is 0 Å². The molecule has 0 radical (unpaired) electrons. The maximum atomic E-state index is 6.60. The van der Waals surface area contributed by atoms with Crippen LogP contribution in [-0.4, -0.2) is 49.9 Å². The van der Waals surface area contributed by atoms with E-state index < -0.39 is 0 Å². The number of rotatable bonds is 8. The SMILES string of the molecule is CCc1cc(Cl)cc(N2CC[C@](C)(CCc3nnc(NC)s3)C2)c1Cn1cnc2c(N)ncnc21. The van der Waals surface area contributed by atoms with Crippen LogP contribution >= 0.6 is 22.9 Å².